The molecule has 0 aromatic heterocycles. The molecule has 2 aliphatic heterocycles. The van der Waals surface area contributed by atoms with Crippen LogP contribution in [0.1, 0.15) is 32.8 Å². The second-order valence-corrected chi connectivity index (χ2v) is 7.02. The molecule has 0 bridgehead atoms. The largest absolute Gasteiger partial charge is 0.380 e. The Labute approximate surface area is 122 Å². The van der Waals surface area contributed by atoms with Crippen molar-refractivity contribution in [3.05, 3.63) is 35.9 Å². The van der Waals surface area contributed by atoms with Crippen LogP contribution in [0.3, 0.4) is 0 Å². The first-order chi connectivity index (χ1) is 9.51. The summed E-state index contributed by atoms with van der Waals surface area (Å²) in [5.74, 6) is 0. The summed E-state index contributed by atoms with van der Waals surface area (Å²) in [6.07, 6.45) is 1.15. The number of benzene rings is 1. The smallest absolute Gasteiger partial charge is 0.0623 e. The van der Waals surface area contributed by atoms with Crippen molar-refractivity contribution in [2.45, 2.75) is 44.3 Å². The maximum absolute atomic E-state index is 5.65. The monoisotopic (exact) mass is 274 g/mol. The van der Waals surface area contributed by atoms with Crippen LogP contribution in [0.15, 0.2) is 30.3 Å². The molecule has 2 saturated heterocycles. The molecule has 0 saturated carbocycles. The molecule has 0 aliphatic carbocycles. The van der Waals surface area contributed by atoms with Crippen molar-refractivity contribution in [3.8, 4) is 0 Å². The van der Waals surface area contributed by atoms with Gasteiger partial charge in [0.1, 0.15) is 0 Å². The van der Waals surface area contributed by atoms with Crippen LogP contribution in [-0.2, 0) is 10.3 Å². The molecule has 0 spiro atoms. The Morgan fingerprint density at radius 2 is 1.95 bits per heavy atom. The Morgan fingerprint density at radius 1 is 1.20 bits per heavy atom. The van der Waals surface area contributed by atoms with Gasteiger partial charge >= 0.3 is 0 Å². The van der Waals surface area contributed by atoms with E-state index in [1.54, 1.807) is 0 Å². The van der Waals surface area contributed by atoms with Gasteiger partial charge in [0.2, 0.25) is 0 Å². The maximum atomic E-state index is 5.65. The fraction of sp³-hybridized carbons (Fsp3) is 0.647. The molecule has 110 valence electrons. The summed E-state index contributed by atoms with van der Waals surface area (Å²) in [4.78, 5) is 2.67. The number of rotatable bonds is 2. The number of piperazine rings is 1. The summed E-state index contributed by atoms with van der Waals surface area (Å²) in [6, 6.07) is 11.4. The molecule has 1 aromatic rings. The van der Waals surface area contributed by atoms with Crippen molar-refractivity contribution >= 4 is 0 Å². The highest BCUT2D eigenvalue weighted by atomic mass is 16.5. The van der Waals surface area contributed by atoms with Gasteiger partial charge in [-0.05, 0) is 32.8 Å². The number of nitrogens with zero attached hydrogens (tertiary/aromatic N) is 1. The van der Waals surface area contributed by atoms with Crippen molar-refractivity contribution in [2.75, 3.05) is 26.3 Å². The Bertz CT molecular complexity index is 453. The van der Waals surface area contributed by atoms with E-state index in [2.05, 4.69) is 61.3 Å². The minimum Gasteiger partial charge on any atom is -0.380 e. The van der Waals surface area contributed by atoms with Gasteiger partial charge in [-0.2, -0.15) is 0 Å². The van der Waals surface area contributed by atoms with E-state index < -0.39 is 0 Å². The van der Waals surface area contributed by atoms with E-state index in [0.29, 0.717) is 6.04 Å². The summed E-state index contributed by atoms with van der Waals surface area (Å²) in [5, 5.41) is 3.72. The lowest BCUT2D eigenvalue weighted by Gasteiger charge is -2.53. The van der Waals surface area contributed by atoms with Gasteiger partial charge in [0.15, 0.2) is 0 Å². The molecule has 3 nitrogen and oxygen atoms in total. The van der Waals surface area contributed by atoms with E-state index in [-0.39, 0.29) is 11.1 Å². The molecule has 0 amide bonds. The van der Waals surface area contributed by atoms with Crippen LogP contribution >= 0.6 is 0 Å². The van der Waals surface area contributed by atoms with E-state index in [0.717, 1.165) is 32.7 Å². The third-order valence-electron chi connectivity index (χ3n) is 4.85. The van der Waals surface area contributed by atoms with Crippen LogP contribution in [0.5, 0.6) is 0 Å². The summed E-state index contributed by atoms with van der Waals surface area (Å²) in [6.45, 7) is 10.8. The van der Waals surface area contributed by atoms with Crippen LogP contribution in [0.4, 0.5) is 0 Å². The number of hydrogen-bond donors (Lipinski definition) is 1. The third-order valence-corrected chi connectivity index (χ3v) is 4.85. The first-order valence-corrected chi connectivity index (χ1v) is 7.66. The number of nitrogens with one attached hydrogen (secondary N) is 1. The molecular weight excluding hydrogens is 248 g/mol. The average Bonchev–Trinajstić information content (AvgIpc) is 2.97. The van der Waals surface area contributed by atoms with Crippen LogP contribution < -0.4 is 5.32 Å². The van der Waals surface area contributed by atoms with Crippen molar-refractivity contribution in [2.24, 2.45) is 0 Å². The van der Waals surface area contributed by atoms with E-state index in [1.807, 2.05) is 0 Å². The summed E-state index contributed by atoms with van der Waals surface area (Å²) >= 11 is 0. The molecule has 1 N–H and O–H groups in total. The molecule has 3 heteroatoms. The fourth-order valence-corrected chi connectivity index (χ4v) is 3.53. The van der Waals surface area contributed by atoms with Gasteiger partial charge in [0.05, 0.1) is 12.1 Å². The minimum absolute atomic E-state index is 0.0507. The molecule has 2 fully saturated rings. The quantitative estimate of drug-likeness (QED) is 0.896. The summed E-state index contributed by atoms with van der Waals surface area (Å²) in [7, 11) is 0. The number of hydrogen-bond acceptors (Lipinski definition) is 3. The van der Waals surface area contributed by atoms with Gasteiger partial charge in [0.25, 0.3) is 0 Å². The second kappa shape index (κ2) is 5.14. The van der Waals surface area contributed by atoms with Gasteiger partial charge < -0.3 is 10.1 Å². The van der Waals surface area contributed by atoms with Gasteiger partial charge in [-0.15, -0.1) is 0 Å². The topological polar surface area (TPSA) is 24.5 Å². The highest BCUT2D eigenvalue weighted by molar-refractivity contribution is 5.26. The first-order valence-electron chi connectivity index (χ1n) is 7.66. The SMILES string of the molecule is CC1(C)CN(C2CCOC2)C(C)(c2ccccc2)CN1. The lowest BCUT2D eigenvalue weighted by Crippen LogP contribution is -2.67. The summed E-state index contributed by atoms with van der Waals surface area (Å²) < 4.78 is 5.65. The molecule has 1 aromatic carbocycles. The molecular formula is C17H26N2O. The van der Waals surface area contributed by atoms with E-state index in [1.165, 1.54) is 5.56 Å². The molecule has 0 radical (unpaired) electrons. The third kappa shape index (κ3) is 2.50. The maximum Gasteiger partial charge on any atom is 0.0623 e. The highest BCUT2D eigenvalue weighted by Gasteiger charge is 2.45. The first kappa shape index (κ1) is 14.1. The van der Waals surface area contributed by atoms with Gasteiger partial charge in [-0.1, -0.05) is 30.3 Å². The van der Waals surface area contributed by atoms with Crippen molar-refractivity contribution in [3.63, 3.8) is 0 Å². The lowest BCUT2D eigenvalue weighted by molar-refractivity contribution is -0.0143. The zero-order valence-electron chi connectivity index (χ0n) is 12.9. The van der Waals surface area contributed by atoms with Crippen molar-refractivity contribution in [1.82, 2.24) is 10.2 Å². The molecule has 3 rings (SSSR count). The highest BCUT2D eigenvalue weighted by Crippen LogP contribution is 2.36. The Kier molecular flexibility index (Phi) is 3.61. The molecule has 2 heterocycles. The van der Waals surface area contributed by atoms with Crippen LogP contribution in [0.2, 0.25) is 0 Å². The van der Waals surface area contributed by atoms with Crippen LogP contribution in [-0.4, -0.2) is 42.8 Å². The lowest BCUT2D eigenvalue weighted by atomic mass is 9.82. The van der Waals surface area contributed by atoms with Crippen LogP contribution in [0, 0.1) is 0 Å². The van der Waals surface area contributed by atoms with Gasteiger partial charge in [0, 0.05) is 31.3 Å². The normalized spacial score (nSPS) is 34.2. The van der Waals surface area contributed by atoms with E-state index in [4.69, 9.17) is 4.74 Å². The Hall–Kier alpha value is -0.900. The zero-order valence-corrected chi connectivity index (χ0v) is 12.9. The zero-order chi connectivity index (χ0) is 14.2. The molecule has 2 aliphatic rings. The fourth-order valence-electron chi connectivity index (χ4n) is 3.53. The van der Waals surface area contributed by atoms with Crippen molar-refractivity contribution in [1.29, 1.82) is 0 Å². The molecule has 20 heavy (non-hydrogen) atoms. The molecule has 2 atom stereocenters. The minimum atomic E-state index is 0.0507. The Balaban J connectivity index is 1.94. The van der Waals surface area contributed by atoms with E-state index >= 15 is 0 Å². The van der Waals surface area contributed by atoms with Gasteiger partial charge in [-0.25, -0.2) is 0 Å². The van der Waals surface area contributed by atoms with Crippen LogP contribution in [0.25, 0.3) is 0 Å². The second-order valence-electron chi connectivity index (χ2n) is 7.02. The van der Waals surface area contributed by atoms with E-state index in [9.17, 15) is 0 Å². The Morgan fingerprint density at radius 3 is 2.60 bits per heavy atom. The van der Waals surface area contributed by atoms with Crippen molar-refractivity contribution < 1.29 is 4.74 Å². The summed E-state index contributed by atoms with van der Waals surface area (Å²) in [5.41, 5.74) is 1.61. The predicted octanol–water partition coefficient (Wildman–Crippen LogP) is 2.37. The number of ether oxygens (including phenoxy) is 1. The van der Waals surface area contributed by atoms with Gasteiger partial charge in [-0.3, -0.25) is 4.90 Å². The predicted molar refractivity (Wildman–Crippen MR) is 81.8 cm³/mol. The standard InChI is InChI=1S/C17H26N2O/c1-16(2)13-19(15-9-10-20-11-15)17(3,12-18-16)14-7-5-4-6-8-14/h4-8,15,18H,9-13H2,1-3H3. The average molecular weight is 274 g/mol. The molecule has 2 unspecified atom stereocenters.